The van der Waals surface area contributed by atoms with Crippen LogP contribution in [0.2, 0.25) is 0 Å². The number of nitrogens with zero attached hydrogens (tertiary/aromatic N) is 4. The molecule has 0 saturated heterocycles. The minimum Gasteiger partial charge on any atom is -0.292 e. The first-order valence-corrected chi connectivity index (χ1v) is 22.9. The van der Waals surface area contributed by atoms with Gasteiger partial charge in [0.25, 0.3) is 0 Å². The number of benzene rings is 10. The summed E-state index contributed by atoms with van der Waals surface area (Å²) >= 11 is 0. The maximum atomic E-state index is 5.36. The summed E-state index contributed by atoms with van der Waals surface area (Å²) in [7, 11) is 0. The lowest BCUT2D eigenvalue weighted by atomic mass is 9.56. The van der Waals surface area contributed by atoms with Crippen molar-refractivity contribution in [1.29, 1.82) is 0 Å². The largest absolute Gasteiger partial charge is 0.292 e. The van der Waals surface area contributed by atoms with Gasteiger partial charge in [-0.3, -0.25) is 9.13 Å². The molecule has 0 bridgehead atoms. The second-order valence-corrected chi connectivity index (χ2v) is 18.3. The smallest absolute Gasteiger partial charge is 0.145 e. The van der Waals surface area contributed by atoms with Gasteiger partial charge in [-0.1, -0.05) is 196 Å². The van der Waals surface area contributed by atoms with Gasteiger partial charge >= 0.3 is 0 Å². The zero-order valence-electron chi connectivity index (χ0n) is 36.6. The molecule has 4 heteroatoms. The van der Waals surface area contributed by atoms with E-state index in [0.717, 1.165) is 56.2 Å². The first kappa shape index (κ1) is 37.1. The molecule has 2 aliphatic carbocycles. The summed E-state index contributed by atoms with van der Waals surface area (Å²) in [6.45, 7) is 5.06. The quantitative estimate of drug-likeness (QED) is 0.173. The summed E-state index contributed by atoms with van der Waals surface area (Å²) in [5.74, 6) is 1.86. The predicted molar refractivity (Wildman–Crippen MR) is 272 cm³/mol. The first-order valence-electron chi connectivity index (χ1n) is 22.9. The van der Waals surface area contributed by atoms with Crippen molar-refractivity contribution in [3.63, 3.8) is 0 Å². The van der Waals surface area contributed by atoms with E-state index in [4.69, 9.17) is 9.97 Å². The van der Waals surface area contributed by atoms with Crippen LogP contribution in [0.3, 0.4) is 0 Å². The molecule has 2 aliphatic rings. The van der Waals surface area contributed by atoms with Crippen LogP contribution in [0.4, 0.5) is 0 Å². The molecule has 66 heavy (non-hydrogen) atoms. The van der Waals surface area contributed by atoms with Gasteiger partial charge in [-0.05, 0) is 91.7 Å². The fourth-order valence-electron chi connectivity index (χ4n) is 12.2. The van der Waals surface area contributed by atoms with Crippen LogP contribution < -0.4 is 0 Å². The zero-order valence-corrected chi connectivity index (χ0v) is 36.6. The summed E-state index contributed by atoms with van der Waals surface area (Å²) in [5.41, 5.74) is 17.9. The van der Waals surface area contributed by atoms with Gasteiger partial charge in [-0.15, -0.1) is 0 Å². The van der Waals surface area contributed by atoms with E-state index in [1.807, 2.05) is 0 Å². The van der Waals surface area contributed by atoms with Crippen molar-refractivity contribution in [1.82, 2.24) is 19.1 Å². The summed E-state index contributed by atoms with van der Waals surface area (Å²) in [5, 5.41) is 4.87. The molecule has 10 aromatic carbocycles. The second kappa shape index (κ2) is 13.6. The molecule has 4 nitrogen and oxygen atoms in total. The fourth-order valence-corrected chi connectivity index (χ4v) is 12.2. The van der Waals surface area contributed by atoms with Crippen molar-refractivity contribution in [2.75, 3.05) is 0 Å². The van der Waals surface area contributed by atoms with E-state index < -0.39 is 10.8 Å². The zero-order chi connectivity index (χ0) is 43.7. The third-order valence-corrected chi connectivity index (χ3v) is 15.3. The Labute approximate surface area is 382 Å². The summed E-state index contributed by atoms with van der Waals surface area (Å²) in [4.78, 5) is 10.7. The predicted octanol–water partition coefficient (Wildman–Crippen LogP) is 15.3. The number of rotatable bonds is 5. The SMILES string of the molecule is CC1(C2(C)c3ccccc3-c3c2cc(-n2c(-c4ccccc4)nc4ccccc42)c2ccccc32)c2ccccc2-c2c1cc(-n1c(-c3ccccc3)nc3ccccc31)c1ccccc21. The lowest BCUT2D eigenvalue weighted by molar-refractivity contribution is 0.376. The Hall–Kier alpha value is -8.34. The van der Waals surface area contributed by atoms with Gasteiger partial charge in [-0.25, -0.2) is 9.97 Å². The fraction of sp³-hybridized carbons (Fsp3) is 0.0645. The first-order chi connectivity index (χ1) is 32.5. The van der Waals surface area contributed by atoms with E-state index in [1.54, 1.807) is 0 Å². The molecule has 0 N–H and O–H groups in total. The molecule has 310 valence electrons. The van der Waals surface area contributed by atoms with E-state index in [2.05, 4.69) is 241 Å². The van der Waals surface area contributed by atoms with Gasteiger partial charge in [0.15, 0.2) is 0 Å². The van der Waals surface area contributed by atoms with E-state index in [-0.39, 0.29) is 0 Å². The molecule has 0 radical (unpaired) electrons. The maximum absolute atomic E-state index is 5.36. The van der Waals surface area contributed by atoms with Crippen LogP contribution in [-0.4, -0.2) is 19.1 Å². The van der Waals surface area contributed by atoms with Gasteiger partial charge < -0.3 is 0 Å². The second-order valence-electron chi connectivity index (χ2n) is 18.3. The minimum absolute atomic E-state index is 0.554. The van der Waals surface area contributed by atoms with Gasteiger partial charge in [0, 0.05) is 32.7 Å². The summed E-state index contributed by atoms with van der Waals surface area (Å²) in [6.07, 6.45) is 0. The Balaban J connectivity index is 1.12. The third kappa shape index (κ3) is 4.77. The number of hydrogen-bond acceptors (Lipinski definition) is 2. The Morgan fingerprint density at radius 1 is 0.333 bits per heavy atom. The van der Waals surface area contributed by atoms with Crippen molar-refractivity contribution in [3.8, 4) is 56.4 Å². The highest BCUT2D eigenvalue weighted by Crippen LogP contribution is 2.67. The van der Waals surface area contributed by atoms with E-state index in [0.29, 0.717) is 0 Å². The standard InChI is InChI=1S/C62H42N4/c1-61(47-31-15-13-29-45(47)57-43-27-11-9-25-41(43)55(37-49(57)61)65-53-35-19-17-33-51(53)63-59(65)39-21-5-3-6-22-39)62(2)48-32-16-14-30-46(48)58-44-28-12-10-26-42(44)56(38-50(58)62)66-54-36-20-18-34-52(54)64-60(66)40-23-7-4-8-24-40/h3-38H,1-2H3. The van der Waals surface area contributed by atoms with Crippen LogP contribution in [0.1, 0.15) is 36.1 Å². The number of hydrogen-bond donors (Lipinski definition) is 0. The molecular weight excluding hydrogens is 801 g/mol. The molecule has 0 saturated carbocycles. The van der Waals surface area contributed by atoms with E-state index in [1.165, 1.54) is 66.1 Å². The molecule has 0 amide bonds. The van der Waals surface area contributed by atoms with Crippen molar-refractivity contribution in [2.24, 2.45) is 0 Å². The highest BCUT2D eigenvalue weighted by Gasteiger charge is 2.58. The monoisotopic (exact) mass is 842 g/mol. The molecule has 2 heterocycles. The van der Waals surface area contributed by atoms with Crippen LogP contribution in [0.15, 0.2) is 218 Å². The third-order valence-electron chi connectivity index (χ3n) is 15.3. The topological polar surface area (TPSA) is 35.6 Å². The number of para-hydroxylation sites is 4. The van der Waals surface area contributed by atoms with Gasteiger partial charge in [0.1, 0.15) is 11.6 Å². The molecule has 0 aliphatic heterocycles. The molecule has 2 atom stereocenters. The Morgan fingerprint density at radius 2 is 0.682 bits per heavy atom. The number of fused-ring (bicyclic) bond motifs is 12. The van der Waals surface area contributed by atoms with Crippen LogP contribution in [-0.2, 0) is 10.8 Å². The lowest BCUT2D eigenvalue weighted by Gasteiger charge is -2.45. The maximum Gasteiger partial charge on any atom is 0.145 e. The highest BCUT2D eigenvalue weighted by molar-refractivity contribution is 6.10. The summed E-state index contributed by atoms with van der Waals surface area (Å²) < 4.78 is 4.83. The van der Waals surface area contributed by atoms with Crippen molar-refractivity contribution >= 4 is 43.6 Å². The van der Waals surface area contributed by atoms with Crippen molar-refractivity contribution in [3.05, 3.63) is 241 Å². The Morgan fingerprint density at radius 3 is 1.12 bits per heavy atom. The summed E-state index contributed by atoms with van der Waals surface area (Å²) in [6, 6.07) is 79.9. The molecule has 2 unspecified atom stereocenters. The van der Waals surface area contributed by atoms with Crippen LogP contribution in [0, 0.1) is 0 Å². The molecule has 0 fully saturated rings. The molecular formula is C62H42N4. The van der Waals surface area contributed by atoms with E-state index >= 15 is 0 Å². The number of imidazole rings is 2. The van der Waals surface area contributed by atoms with Crippen molar-refractivity contribution < 1.29 is 0 Å². The average Bonchev–Trinajstić information content (AvgIpc) is 4.11. The Kier molecular flexibility index (Phi) is 7.63. The normalized spacial score (nSPS) is 17.1. The van der Waals surface area contributed by atoms with Crippen LogP contribution in [0.25, 0.3) is 100 Å². The molecule has 12 aromatic rings. The highest BCUT2D eigenvalue weighted by atomic mass is 15.1. The van der Waals surface area contributed by atoms with E-state index in [9.17, 15) is 0 Å². The Bertz CT molecular complexity index is 3710. The molecule has 2 aromatic heterocycles. The molecule has 0 spiro atoms. The number of aromatic nitrogens is 4. The minimum atomic E-state index is -0.554. The van der Waals surface area contributed by atoms with Crippen LogP contribution >= 0.6 is 0 Å². The average molecular weight is 843 g/mol. The van der Waals surface area contributed by atoms with Gasteiger partial charge in [0.05, 0.1) is 33.4 Å². The van der Waals surface area contributed by atoms with Crippen LogP contribution in [0.5, 0.6) is 0 Å². The molecule has 14 rings (SSSR count). The van der Waals surface area contributed by atoms with Gasteiger partial charge in [-0.2, -0.15) is 0 Å². The lowest BCUT2D eigenvalue weighted by Crippen LogP contribution is -2.44. The van der Waals surface area contributed by atoms with Gasteiger partial charge in [0.2, 0.25) is 0 Å². The van der Waals surface area contributed by atoms with Crippen molar-refractivity contribution in [2.45, 2.75) is 24.7 Å².